The predicted octanol–water partition coefficient (Wildman–Crippen LogP) is 2.90. The highest BCUT2D eigenvalue weighted by atomic mass is 79.9. The molecule has 2 aliphatic heterocycles. The molecule has 0 aromatic heterocycles. The molecule has 4 nitrogen and oxygen atoms in total. The lowest BCUT2D eigenvalue weighted by Crippen LogP contribution is -2.42. The van der Waals surface area contributed by atoms with Crippen LogP contribution in [0.4, 0.5) is 0 Å². The van der Waals surface area contributed by atoms with Crippen molar-refractivity contribution in [2.45, 2.75) is 43.9 Å². The fraction of sp³-hybridized carbons (Fsp3) is 0.533. The predicted molar refractivity (Wildman–Crippen MR) is 79.1 cm³/mol. The first kappa shape index (κ1) is 13.9. The van der Waals surface area contributed by atoms with Gasteiger partial charge in [-0.3, -0.25) is 0 Å². The van der Waals surface area contributed by atoms with E-state index in [4.69, 9.17) is 9.47 Å². The van der Waals surface area contributed by atoms with Gasteiger partial charge in [0.2, 0.25) is 0 Å². The number of hydrogen-bond donors (Lipinski definition) is 1. The molecule has 1 aromatic carbocycles. The van der Waals surface area contributed by atoms with Crippen LogP contribution in [0, 0.1) is 0 Å². The summed E-state index contributed by atoms with van der Waals surface area (Å²) in [5.74, 6) is 0.382. The molecule has 0 amide bonds. The molecule has 1 N–H and O–H groups in total. The van der Waals surface area contributed by atoms with Crippen LogP contribution in [0.25, 0.3) is 0 Å². The van der Waals surface area contributed by atoms with E-state index in [9.17, 15) is 4.79 Å². The number of methoxy groups -OCH3 is 1. The van der Waals surface area contributed by atoms with Crippen LogP contribution in [0.1, 0.15) is 36.0 Å². The molecule has 5 heteroatoms. The van der Waals surface area contributed by atoms with Gasteiger partial charge in [-0.1, -0.05) is 15.9 Å². The number of benzene rings is 1. The Balaban J connectivity index is 1.73. The zero-order valence-corrected chi connectivity index (χ0v) is 13.0. The third-order valence-corrected chi connectivity index (χ3v) is 4.48. The summed E-state index contributed by atoms with van der Waals surface area (Å²) < 4.78 is 11.7. The first-order valence-corrected chi connectivity index (χ1v) is 7.75. The minimum absolute atomic E-state index is 0.230. The molecule has 2 saturated heterocycles. The molecule has 2 heterocycles. The van der Waals surface area contributed by atoms with Gasteiger partial charge in [0.15, 0.2) is 0 Å². The van der Waals surface area contributed by atoms with E-state index in [1.165, 1.54) is 20.0 Å². The van der Waals surface area contributed by atoms with Crippen molar-refractivity contribution in [2.24, 2.45) is 0 Å². The number of fused-ring (bicyclic) bond motifs is 2. The number of hydrogen-bond acceptors (Lipinski definition) is 4. The molecule has 2 aliphatic rings. The van der Waals surface area contributed by atoms with E-state index in [1.807, 2.05) is 6.07 Å². The van der Waals surface area contributed by atoms with Crippen molar-refractivity contribution in [1.82, 2.24) is 5.32 Å². The van der Waals surface area contributed by atoms with E-state index in [0.717, 1.165) is 23.1 Å². The lowest BCUT2D eigenvalue weighted by atomic mass is 10.0. The molecule has 0 aliphatic carbocycles. The van der Waals surface area contributed by atoms with Crippen LogP contribution in [0.2, 0.25) is 0 Å². The van der Waals surface area contributed by atoms with Gasteiger partial charge in [-0.15, -0.1) is 0 Å². The average Bonchev–Trinajstić information content (AvgIpc) is 2.76. The Labute approximate surface area is 127 Å². The molecular weight excluding hydrogens is 322 g/mol. The van der Waals surface area contributed by atoms with E-state index < -0.39 is 0 Å². The highest BCUT2D eigenvalue weighted by Gasteiger charge is 2.34. The topological polar surface area (TPSA) is 47.6 Å². The standard InChI is InChI=1S/C15H18BrNO3/c1-19-15(18)9-4-10(16)6-13(5-9)20-14-7-11-2-3-12(8-14)17-11/h4-6,11-12,14,17H,2-3,7-8H2,1H3/t11-,12+,14+. The first-order chi connectivity index (χ1) is 9.64. The van der Waals surface area contributed by atoms with E-state index in [2.05, 4.69) is 21.2 Å². The lowest BCUT2D eigenvalue weighted by Gasteiger charge is -2.29. The van der Waals surface area contributed by atoms with Gasteiger partial charge in [0.25, 0.3) is 0 Å². The summed E-state index contributed by atoms with van der Waals surface area (Å²) in [5, 5.41) is 3.59. The Bertz CT molecular complexity index is 508. The number of carbonyl (C=O) groups excluding carboxylic acids is 1. The molecule has 0 unspecified atom stereocenters. The molecule has 0 saturated carbocycles. The second-order valence-corrected chi connectivity index (χ2v) is 6.43. The molecule has 0 radical (unpaired) electrons. The van der Waals surface area contributed by atoms with Crippen molar-refractivity contribution in [3.63, 3.8) is 0 Å². The Morgan fingerprint density at radius 1 is 1.25 bits per heavy atom. The van der Waals surface area contributed by atoms with Gasteiger partial charge in [-0.05, 0) is 43.9 Å². The number of nitrogens with one attached hydrogen (secondary N) is 1. The third kappa shape index (κ3) is 2.99. The van der Waals surface area contributed by atoms with E-state index in [0.29, 0.717) is 17.6 Å². The fourth-order valence-corrected chi connectivity index (χ4v) is 3.63. The van der Waals surface area contributed by atoms with Gasteiger partial charge in [-0.2, -0.15) is 0 Å². The fourth-order valence-electron chi connectivity index (χ4n) is 3.16. The summed E-state index contributed by atoms with van der Waals surface area (Å²) in [5.41, 5.74) is 0.508. The van der Waals surface area contributed by atoms with Gasteiger partial charge in [0.05, 0.1) is 12.7 Å². The van der Waals surface area contributed by atoms with Crippen LogP contribution < -0.4 is 10.1 Å². The maximum absolute atomic E-state index is 11.6. The number of carbonyl (C=O) groups is 1. The number of piperidine rings is 1. The molecule has 3 atom stereocenters. The monoisotopic (exact) mass is 339 g/mol. The second-order valence-electron chi connectivity index (χ2n) is 5.52. The second kappa shape index (κ2) is 5.74. The minimum Gasteiger partial charge on any atom is -0.490 e. The molecule has 3 rings (SSSR count). The summed E-state index contributed by atoms with van der Waals surface area (Å²) in [4.78, 5) is 11.6. The maximum atomic E-state index is 11.6. The van der Waals surface area contributed by atoms with Gasteiger partial charge in [-0.25, -0.2) is 4.79 Å². The number of halogens is 1. The van der Waals surface area contributed by atoms with Gasteiger partial charge < -0.3 is 14.8 Å². The zero-order valence-electron chi connectivity index (χ0n) is 11.4. The zero-order chi connectivity index (χ0) is 14.1. The summed E-state index contributed by atoms with van der Waals surface area (Å²) in [6, 6.07) is 6.57. The van der Waals surface area contributed by atoms with E-state index in [1.54, 1.807) is 12.1 Å². The normalized spacial score (nSPS) is 28.2. The minimum atomic E-state index is -0.346. The quantitative estimate of drug-likeness (QED) is 0.860. The summed E-state index contributed by atoms with van der Waals surface area (Å²) >= 11 is 3.41. The smallest absolute Gasteiger partial charge is 0.338 e. The highest BCUT2D eigenvalue weighted by molar-refractivity contribution is 9.10. The molecule has 2 bridgehead atoms. The molecule has 0 spiro atoms. The lowest BCUT2D eigenvalue weighted by molar-refractivity contribution is 0.0599. The third-order valence-electron chi connectivity index (χ3n) is 4.02. The molecule has 108 valence electrons. The van der Waals surface area contributed by atoms with Crippen molar-refractivity contribution < 1.29 is 14.3 Å². The Morgan fingerprint density at radius 2 is 1.95 bits per heavy atom. The number of esters is 1. The van der Waals surface area contributed by atoms with Crippen molar-refractivity contribution in [1.29, 1.82) is 0 Å². The van der Waals surface area contributed by atoms with E-state index in [-0.39, 0.29) is 12.1 Å². The van der Waals surface area contributed by atoms with Crippen LogP contribution in [-0.4, -0.2) is 31.3 Å². The SMILES string of the molecule is COC(=O)c1cc(Br)cc(O[C@H]2C[C@H]3CC[C@@H](C2)N3)c1. The number of ether oxygens (including phenoxy) is 2. The van der Waals surface area contributed by atoms with Crippen molar-refractivity contribution in [3.8, 4) is 5.75 Å². The largest absolute Gasteiger partial charge is 0.490 e. The Kier molecular flexibility index (Phi) is 3.98. The average molecular weight is 340 g/mol. The summed E-state index contributed by atoms with van der Waals surface area (Å²) in [6.07, 6.45) is 4.80. The highest BCUT2D eigenvalue weighted by Crippen LogP contribution is 2.31. The van der Waals surface area contributed by atoms with E-state index >= 15 is 0 Å². The molecule has 1 aromatic rings. The Morgan fingerprint density at radius 3 is 2.60 bits per heavy atom. The van der Waals surface area contributed by atoms with Crippen molar-refractivity contribution in [2.75, 3.05) is 7.11 Å². The van der Waals surface area contributed by atoms with Crippen LogP contribution in [0.3, 0.4) is 0 Å². The van der Waals surface area contributed by atoms with Crippen LogP contribution in [0.15, 0.2) is 22.7 Å². The van der Waals surface area contributed by atoms with Gasteiger partial charge >= 0.3 is 5.97 Å². The molecule has 20 heavy (non-hydrogen) atoms. The van der Waals surface area contributed by atoms with Crippen LogP contribution in [-0.2, 0) is 4.74 Å². The Hall–Kier alpha value is -1.07. The maximum Gasteiger partial charge on any atom is 0.338 e. The number of rotatable bonds is 3. The summed E-state index contributed by atoms with van der Waals surface area (Å²) in [7, 11) is 1.38. The van der Waals surface area contributed by atoms with Gasteiger partial charge in [0, 0.05) is 16.6 Å². The molecular formula is C15H18BrNO3. The van der Waals surface area contributed by atoms with Crippen LogP contribution in [0.5, 0.6) is 5.75 Å². The van der Waals surface area contributed by atoms with Crippen LogP contribution >= 0.6 is 15.9 Å². The van der Waals surface area contributed by atoms with Crippen molar-refractivity contribution in [3.05, 3.63) is 28.2 Å². The first-order valence-electron chi connectivity index (χ1n) is 6.95. The molecule has 2 fully saturated rings. The van der Waals surface area contributed by atoms with Gasteiger partial charge in [0.1, 0.15) is 11.9 Å². The summed E-state index contributed by atoms with van der Waals surface area (Å²) in [6.45, 7) is 0. The van der Waals surface area contributed by atoms with Crippen molar-refractivity contribution >= 4 is 21.9 Å².